The number of pyridine rings is 1. The van der Waals surface area contributed by atoms with Crippen LogP contribution in [0.15, 0.2) is 77.7 Å². The van der Waals surface area contributed by atoms with E-state index in [1.807, 2.05) is 24.3 Å². The van der Waals surface area contributed by atoms with E-state index < -0.39 is 11.7 Å². The highest BCUT2D eigenvalue weighted by atomic mass is 19.4. The molecular formula is C23H22F3N5. The van der Waals surface area contributed by atoms with E-state index >= 15 is 0 Å². The van der Waals surface area contributed by atoms with E-state index in [4.69, 9.17) is 11.5 Å². The SMILES string of the molecule is CN=C/C(=C\N)Nc1cc(Cc2cccc(N)c2)c(-c2ccc(C(F)(F)F)cc2)cn1. The Morgan fingerprint density at radius 2 is 1.87 bits per heavy atom. The molecule has 0 fully saturated rings. The second-order valence-electron chi connectivity index (χ2n) is 6.86. The molecular weight excluding hydrogens is 403 g/mol. The maximum absolute atomic E-state index is 12.9. The fourth-order valence-corrected chi connectivity index (χ4v) is 3.14. The summed E-state index contributed by atoms with van der Waals surface area (Å²) in [5, 5.41) is 3.08. The van der Waals surface area contributed by atoms with E-state index in [0.717, 1.165) is 28.8 Å². The standard InChI is InChI=1S/C23H22F3N5/c1-29-13-20(12-27)31-22-11-17(9-15-3-2-4-19(28)10-15)21(14-30-22)16-5-7-18(8-6-16)23(24,25)26/h2-8,10-14H,9,27-28H2,1H3,(H,30,31)/b20-12+,29-13?. The number of benzene rings is 2. The van der Waals surface area contributed by atoms with Gasteiger partial charge in [-0.05, 0) is 53.4 Å². The maximum atomic E-state index is 12.9. The van der Waals surface area contributed by atoms with Crippen LogP contribution in [-0.2, 0) is 12.6 Å². The maximum Gasteiger partial charge on any atom is 0.416 e. The van der Waals surface area contributed by atoms with Gasteiger partial charge in [-0.25, -0.2) is 4.98 Å². The van der Waals surface area contributed by atoms with E-state index in [0.29, 0.717) is 29.2 Å². The summed E-state index contributed by atoms with van der Waals surface area (Å²) < 4.78 is 38.8. The highest BCUT2D eigenvalue weighted by Gasteiger charge is 2.30. The minimum absolute atomic E-state index is 0.516. The van der Waals surface area contributed by atoms with Crippen LogP contribution in [0.25, 0.3) is 11.1 Å². The number of nitrogens with one attached hydrogen (secondary N) is 1. The van der Waals surface area contributed by atoms with Gasteiger partial charge in [0.05, 0.1) is 11.3 Å². The molecule has 0 spiro atoms. The van der Waals surface area contributed by atoms with Crippen molar-refractivity contribution in [3.05, 3.63) is 89.4 Å². The number of aliphatic imine (C=N–C) groups is 1. The second-order valence-corrected chi connectivity index (χ2v) is 6.86. The summed E-state index contributed by atoms with van der Waals surface area (Å²) in [5.41, 5.74) is 15.2. The molecule has 3 aromatic rings. The topological polar surface area (TPSA) is 89.3 Å². The van der Waals surface area contributed by atoms with Crippen molar-refractivity contribution in [1.82, 2.24) is 4.98 Å². The number of allylic oxidation sites excluding steroid dienone is 1. The van der Waals surface area contributed by atoms with Crippen LogP contribution in [0.3, 0.4) is 0 Å². The zero-order valence-electron chi connectivity index (χ0n) is 16.8. The summed E-state index contributed by atoms with van der Waals surface area (Å²) in [5.74, 6) is 0.533. The highest BCUT2D eigenvalue weighted by molar-refractivity contribution is 5.82. The molecule has 0 aliphatic carbocycles. The van der Waals surface area contributed by atoms with Gasteiger partial charge >= 0.3 is 6.18 Å². The monoisotopic (exact) mass is 425 g/mol. The van der Waals surface area contributed by atoms with Crippen LogP contribution in [0.2, 0.25) is 0 Å². The molecule has 0 saturated carbocycles. The summed E-state index contributed by atoms with van der Waals surface area (Å²) in [7, 11) is 1.62. The number of halogens is 3. The Bertz CT molecular complexity index is 1100. The number of nitrogen functional groups attached to an aromatic ring is 1. The van der Waals surface area contributed by atoms with Crippen molar-refractivity contribution < 1.29 is 13.2 Å². The number of aromatic nitrogens is 1. The van der Waals surface area contributed by atoms with Crippen LogP contribution < -0.4 is 16.8 Å². The molecule has 8 heteroatoms. The number of hydrogen-bond donors (Lipinski definition) is 3. The number of hydrogen-bond acceptors (Lipinski definition) is 5. The number of nitrogens with zero attached hydrogens (tertiary/aromatic N) is 2. The number of nitrogens with two attached hydrogens (primary N) is 2. The van der Waals surface area contributed by atoms with Crippen molar-refractivity contribution >= 4 is 17.7 Å². The lowest BCUT2D eigenvalue weighted by Crippen LogP contribution is -2.07. The molecule has 0 unspecified atom stereocenters. The van der Waals surface area contributed by atoms with Gasteiger partial charge in [-0.1, -0.05) is 24.3 Å². The predicted molar refractivity (Wildman–Crippen MR) is 119 cm³/mol. The molecule has 0 aliphatic heterocycles. The average molecular weight is 425 g/mol. The fraction of sp³-hybridized carbons (Fsp3) is 0.130. The molecule has 0 atom stereocenters. The molecule has 5 N–H and O–H groups in total. The molecule has 160 valence electrons. The van der Waals surface area contributed by atoms with Crippen molar-refractivity contribution in [2.45, 2.75) is 12.6 Å². The average Bonchev–Trinajstić information content (AvgIpc) is 2.73. The van der Waals surface area contributed by atoms with E-state index in [2.05, 4.69) is 15.3 Å². The largest absolute Gasteiger partial charge is 0.416 e. The Kier molecular flexibility index (Phi) is 6.59. The predicted octanol–water partition coefficient (Wildman–Crippen LogP) is 4.85. The van der Waals surface area contributed by atoms with Crippen molar-refractivity contribution in [3.63, 3.8) is 0 Å². The number of anilines is 2. The van der Waals surface area contributed by atoms with E-state index in [1.54, 1.807) is 25.5 Å². The molecule has 3 rings (SSSR count). The smallest absolute Gasteiger partial charge is 0.403 e. The molecule has 1 aromatic heterocycles. The third-order valence-corrected chi connectivity index (χ3v) is 4.58. The van der Waals surface area contributed by atoms with Crippen LogP contribution in [-0.4, -0.2) is 18.2 Å². The zero-order chi connectivity index (χ0) is 22.4. The minimum atomic E-state index is -4.39. The molecule has 5 nitrogen and oxygen atoms in total. The highest BCUT2D eigenvalue weighted by Crippen LogP contribution is 2.33. The molecule has 0 radical (unpaired) electrons. The first-order valence-electron chi connectivity index (χ1n) is 9.42. The van der Waals surface area contributed by atoms with Crippen molar-refractivity contribution in [2.24, 2.45) is 10.7 Å². The Morgan fingerprint density at radius 3 is 2.48 bits per heavy atom. The lowest BCUT2D eigenvalue weighted by Gasteiger charge is -2.14. The summed E-state index contributed by atoms with van der Waals surface area (Å²) in [6.45, 7) is 0. The molecule has 0 aliphatic rings. The fourth-order valence-electron chi connectivity index (χ4n) is 3.14. The first-order valence-corrected chi connectivity index (χ1v) is 9.42. The lowest BCUT2D eigenvalue weighted by atomic mass is 9.95. The zero-order valence-corrected chi connectivity index (χ0v) is 16.8. The van der Waals surface area contributed by atoms with E-state index in [9.17, 15) is 13.2 Å². The summed E-state index contributed by atoms with van der Waals surface area (Å²) in [6.07, 6.45) is 0.686. The number of rotatable bonds is 6. The third-order valence-electron chi connectivity index (χ3n) is 4.58. The van der Waals surface area contributed by atoms with E-state index in [-0.39, 0.29) is 0 Å². The molecule has 0 amide bonds. The quantitative estimate of drug-likeness (QED) is 0.389. The first kappa shape index (κ1) is 21.9. The van der Waals surface area contributed by atoms with Gasteiger partial charge in [-0.3, -0.25) is 4.99 Å². The minimum Gasteiger partial charge on any atom is -0.403 e. The van der Waals surface area contributed by atoms with Gasteiger partial charge in [0.15, 0.2) is 0 Å². The number of alkyl halides is 3. The Hall–Kier alpha value is -3.81. The van der Waals surface area contributed by atoms with Crippen LogP contribution in [0.4, 0.5) is 24.7 Å². The Balaban J connectivity index is 2.02. The molecule has 31 heavy (non-hydrogen) atoms. The second kappa shape index (κ2) is 9.34. The first-order chi connectivity index (χ1) is 14.8. The van der Waals surface area contributed by atoms with Gasteiger partial charge in [0.1, 0.15) is 5.82 Å². The van der Waals surface area contributed by atoms with Gasteiger partial charge < -0.3 is 16.8 Å². The van der Waals surface area contributed by atoms with Gasteiger partial charge in [0, 0.05) is 36.9 Å². The normalized spacial score (nSPS) is 12.3. The summed E-state index contributed by atoms with van der Waals surface area (Å²) in [6, 6.07) is 14.3. The van der Waals surface area contributed by atoms with Crippen LogP contribution >= 0.6 is 0 Å². The summed E-state index contributed by atoms with van der Waals surface area (Å²) in [4.78, 5) is 8.33. The van der Waals surface area contributed by atoms with Crippen LogP contribution in [0, 0.1) is 0 Å². The lowest BCUT2D eigenvalue weighted by molar-refractivity contribution is -0.137. The van der Waals surface area contributed by atoms with Crippen LogP contribution in [0.5, 0.6) is 0 Å². The van der Waals surface area contributed by atoms with Gasteiger partial charge in [-0.15, -0.1) is 0 Å². The van der Waals surface area contributed by atoms with Crippen molar-refractivity contribution in [1.29, 1.82) is 0 Å². The van der Waals surface area contributed by atoms with Crippen LogP contribution in [0.1, 0.15) is 16.7 Å². The molecule has 0 bridgehead atoms. The Labute approximate surface area is 178 Å². The van der Waals surface area contributed by atoms with Crippen molar-refractivity contribution in [3.8, 4) is 11.1 Å². The molecule has 2 aromatic carbocycles. The summed E-state index contributed by atoms with van der Waals surface area (Å²) >= 11 is 0. The molecule has 0 saturated heterocycles. The van der Waals surface area contributed by atoms with Crippen molar-refractivity contribution in [2.75, 3.05) is 18.1 Å². The van der Waals surface area contributed by atoms with Gasteiger partial charge in [0.25, 0.3) is 0 Å². The third kappa shape index (κ3) is 5.63. The van der Waals surface area contributed by atoms with Gasteiger partial charge in [0.2, 0.25) is 0 Å². The van der Waals surface area contributed by atoms with Gasteiger partial charge in [-0.2, -0.15) is 13.2 Å². The Morgan fingerprint density at radius 1 is 1.13 bits per heavy atom. The van der Waals surface area contributed by atoms with E-state index in [1.165, 1.54) is 18.3 Å². The molecule has 1 heterocycles.